The van der Waals surface area contributed by atoms with Crippen LogP contribution in [0.15, 0.2) is 79.1 Å². The molecule has 1 aliphatic heterocycles. The first-order chi connectivity index (χ1) is 15.1. The van der Waals surface area contributed by atoms with Gasteiger partial charge in [0, 0.05) is 32.5 Å². The number of nitrogens with zero attached hydrogens (tertiary/aromatic N) is 2. The number of amides is 2. The highest BCUT2D eigenvalue weighted by molar-refractivity contribution is 5.86. The van der Waals surface area contributed by atoms with Crippen molar-refractivity contribution in [2.75, 3.05) is 20.1 Å². The first-order valence-corrected chi connectivity index (χ1v) is 10.6. The zero-order chi connectivity index (χ0) is 21.7. The van der Waals surface area contributed by atoms with E-state index >= 15 is 0 Å². The van der Waals surface area contributed by atoms with Gasteiger partial charge in [-0.2, -0.15) is 0 Å². The Bertz CT molecular complexity index is 1050. The summed E-state index contributed by atoms with van der Waals surface area (Å²) in [4.78, 5) is 31.7. The Morgan fingerprint density at radius 3 is 2.52 bits per heavy atom. The number of carbonyl (C=O) groups excluding carboxylic acids is 2. The van der Waals surface area contributed by atoms with Crippen LogP contribution in [0, 0.1) is 5.41 Å². The largest absolute Gasteiger partial charge is 0.359 e. The van der Waals surface area contributed by atoms with Crippen molar-refractivity contribution >= 4 is 11.8 Å². The highest BCUT2D eigenvalue weighted by Gasteiger charge is 2.45. The number of hydrogen-bond acceptors (Lipinski definition) is 3. The van der Waals surface area contributed by atoms with Crippen LogP contribution >= 0.6 is 0 Å². The maximum atomic E-state index is 13.0. The summed E-state index contributed by atoms with van der Waals surface area (Å²) in [6.45, 7) is 1.02. The van der Waals surface area contributed by atoms with Crippen LogP contribution in [0.4, 0.5) is 0 Å². The minimum atomic E-state index is -0.616. The predicted molar refractivity (Wildman–Crippen MR) is 121 cm³/mol. The zero-order valence-electron chi connectivity index (χ0n) is 17.8. The molecule has 0 spiro atoms. The van der Waals surface area contributed by atoms with Gasteiger partial charge < -0.3 is 10.2 Å². The van der Waals surface area contributed by atoms with E-state index in [4.69, 9.17) is 0 Å². The smallest absolute Gasteiger partial charge is 0.228 e. The molecule has 158 valence electrons. The summed E-state index contributed by atoms with van der Waals surface area (Å²) < 4.78 is 0. The monoisotopic (exact) mass is 413 g/mol. The molecule has 1 aliphatic rings. The van der Waals surface area contributed by atoms with Crippen LogP contribution < -0.4 is 5.32 Å². The highest BCUT2D eigenvalue weighted by atomic mass is 16.2. The predicted octanol–water partition coefficient (Wildman–Crippen LogP) is 3.50. The Morgan fingerprint density at radius 2 is 1.77 bits per heavy atom. The molecule has 2 aromatic carbocycles. The molecule has 1 fully saturated rings. The molecule has 31 heavy (non-hydrogen) atoms. The summed E-state index contributed by atoms with van der Waals surface area (Å²) in [5.74, 6) is 0.0334. The number of pyridine rings is 1. The number of rotatable bonds is 6. The van der Waals surface area contributed by atoms with Gasteiger partial charge in [0.25, 0.3) is 0 Å². The van der Waals surface area contributed by atoms with Crippen molar-refractivity contribution in [3.05, 3.63) is 90.3 Å². The quantitative estimate of drug-likeness (QED) is 0.673. The van der Waals surface area contributed by atoms with Crippen molar-refractivity contribution in [1.82, 2.24) is 15.2 Å². The Balaban J connectivity index is 1.53. The van der Waals surface area contributed by atoms with E-state index in [0.29, 0.717) is 32.4 Å². The molecule has 1 unspecified atom stereocenters. The summed E-state index contributed by atoms with van der Waals surface area (Å²) in [5, 5.41) is 2.84. The fourth-order valence-corrected chi connectivity index (χ4v) is 4.43. The molecule has 0 radical (unpaired) electrons. The van der Waals surface area contributed by atoms with Crippen LogP contribution in [0.1, 0.15) is 17.5 Å². The van der Waals surface area contributed by atoms with Crippen LogP contribution in [0.5, 0.6) is 0 Å². The number of aromatic nitrogens is 1. The summed E-state index contributed by atoms with van der Waals surface area (Å²) in [7, 11) is 1.67. The third kappa shape index (κ3) is 4.66. The van der Waals surface area contributed by atoms with E-state index < -0.39 is 5.41 Å². The van der Waals surface area contributed by atoms with Gasteiger partial charge in [0.1, 0.15) is 0 Å². The number of nitrogens with one attached hydrogen (secondary N) is 1. The topological polar surface area (TPSA) is 62.3 Å². The van der Waals surface area contributed by atoms with Crippen molar-refractivity contribution in [3.63, 3.8) is 0 Å². The second kappa shape index (κ2) is 9.13. The van der Waals surface area contributed by atoms with Crippen molar-refractivity contribution in [2.45, 2.75) is 19.3 Å². The van der Waals surface area contributed by atoms with E-state index in [2.05, 4.69) is 40.6 Å². The van der Waals surface area contributed by atoms with Gasteiger partial charge >= 0.3 is 0 Å². The van der Waals surface area contributed by atoms with E-state index in [0.717, 1.165) is 22.3 Å². The maximum absolute atomic E-state index is 13.0. The Labute approximate surface area is 183 Å². The number of likely N-dealkylation sites (tertiary alicyclic amines) is 1. The second-order valence-corrected chi connectivity index (χ2v) is 8.21. The molecule has 5 heteroatoms. The highest BCUT2D eigenvalue weighted by Crippen LogP contribution is 2.36. The molecular weight excluding hydrogens is 386 g/mol. The maximum Gasteiger partial charge on any atom is 0.228 e. The second-order valence-electron chi connectivity index (χ2n) is 8.21. The summed E-state index contributed by atoms with van der Waals surface area (Å²) >= 11 is 0. The van der Waals surface area contributed by atoms with Crippen LogP contribution in [0.25, 0.3) is 11.1 Å². The molecule has 1 N–H and O–H groups in total. The van der Waals surface area contributed by atoms with Crippen molar-refractivity contribution in [3.8, 4) is 11.1 Å². The average molecular weight is 414 g/mol. The van der Waals surface area contributed by atoms with Crippen LogP contribution in [0.3, 0.4) is 0 Å². The summed E-state index contributed by atoms with van der Waals surface area (Å²) in [6.07, 6.45) is 4.98. The Kier molecular flexibility index (Phi) is 6.12. The molecule has 4 rings (SSSR count). The van der Waals surface area contributed by atoms with E-state index in [1.807, 2.05) is 41.3 Å². The third-order valence-corrected chi connectivity index (χ3v) is 6.07. The standard InChI is InChI=1S/C26H27N3O2/c1-27-25(31)26(12-14-29(19-26)24(30)16-21-8-6-13-28-18-21)17-20-7-5-11-23(15-20)22-9-3-2-4-10-22/h2-11,13,15,18H,12,14,16-17,19H2,1H3,(H,27,31). The lowest BCUT2D eigenvalue weighted by molar-refractivity contribution is -0.132. The van der Waals surface area contributed by atoms with Gasteiger partial charge in [-0.05, 0) is 41.2 Å². The molecule has 0 saturated carbocycles. The number of carbonyl (C=O) groups is 2. The fourth-order valence-electron chi connectivity index (χ4n) is 4.43. The molecule has 0 bridgehead atoms. The van der Waals surface area contributed by atoms with Gasteiger partial charge in [-0.15, -0.1) is 0 Å². The molecule has 5 nitrogen and oxygen atoms in total. The molecule has 1 saturated heterocycles. The summed E-state index contributed by atoms with van der Waals surface area (Å²) in [5.41, 5.74) is 3.66. The first kappa shape index (κ1) is 20.8. The lowest BCUT2D eigenvalue weighted by Gasteiger charge is -2.28. The van der Waals surface area contributed by atoms with Crippen molar-refractivity contribution in [1.29, 1.82) is 0 Å². The fraction of sp³-hybridized carbons (Fsp3) is 0.269. The van der Waals surface area contributed by atoms with Crippen molar-refractivity contribution < 1.29 is 9.59 Å². The molecule has 3 aromatic rings. The van der Waals surface area contributed by atoms with E-state index in [9.17, 15) is 9.59 Å². The lowest BCUT2D eigenvalue weighted by atomic mass is 9.79. The van der Waals surface area contributed by atoms with Gasteiger partial charge in [-0.3, -0.25) is 14.6 Å². The lowest BCUT2D eigenvalue weighted by Crippen LogP contribution is -2.44. The van der Waals surface area contributed by atoms with E-state index in [1.54, 1.807) is 19.4 Å². The van der Waals surface area contributed by atoms with E-state index in [-0.39, 0.29) is 11.8 Å². The van der Waals surface area contributed by atoms with Gasteiger partial charge in [0.05, 0.1) is 11.8 Å². The van der Waals surface area contributed by atoms with Gasteiger partial charge in [0.2, 0.25) is 11.8 Å². The minimum absolute atomic E-state index is 0.00529. The van der Waals surface area contributed by atoms with Gasteiger partial charge in [-0.25, -0.2) is 0 Å². The van der Waals surface area contributed by atoms with Crippen molar-refractivity contribution in [2.24, 2.45) is 5.41 Å². The van der Waals surface area contributed by atoms with Gasteiger partial charge in [-0.1, -0.05) is 60.7 Å². The number of hydrogen-bond donors (Lipinski definition) is 1. The molecule has 2 heterocycles. The first-order valence-electron chi connectivity index (χ1n) is 10.6. The van der Waals surface area contributed by atoms with Crippen LogP contribution in [-0.2, 0) is 22.4 Å². The van der Waals surface area contributed by atoms with Gasteiger partial charge in [0.15, 0.2) is 0 Å². The molecule has 0 aliphatic carbocycles. The van der Waals surface area contributed by atoms with Crippen LogP contribution in [0.2, 0.25) is 0 Å². The van der Waals surface area contributed by atoms with Crippen LogP contribution in [-0.4, -0.2) is 41.8 Å². The molecular formula is C26H27N3O2. The third-order valence-electron chi connectivity index (χ3n) is 6.07. The summed E-state index contributed by atoms with van der Waals surface area (Å²) in [6, 6.07) is 22.3. The minimum Gasteiger partial charge on any atom is -0.359 e. The zero-order valence-corrected chi connectivity index (χ0v) is 17.8. The average Bonchev–Trinajstić information content (AvgIpc) is 3.25. The SMILES string of the molecule is CNC(=O)C1(Cc2cccc(-c3ccccc3)c2)CCN(C(=O)Cc2cccnc2)C1. The Hall–Kier alpha value is -3.47. The molecule has 1 atom stereocenters. The normalized spacial score (nSPS) is 18.0. The van der Waals surface area contributed by atoms with E-state index in [1.165, 1.54) is 0 Å². The Morgan fingerprint density at radius 1 is 1.00 bits per heavy atom. The number of benzene rings is 2. The molecule has 1 aromatic heterocycles. The molecule has 2 amide bonds.